The van der Waals surface area contributed by atoms with Crippen molar-refractivity contribution in [1.82, 2.24) is 15.3 Å². The van der Waals surface area contributed by atoms with Crippen LogP contribution < -0.4 is 11.2 Å². The number of nitrogens with zero attached hydrogens (tertiary/aromatic N) is 3. The van der Waals surface area contributed by atoms with Crippen LogP contribution in [0.2, 0.25) is 5.02 Å². The molecule has 0 radical (unpaired) electrons. The van der Waals surface area contributed by atoms with Gasteiger partial charge in [-0.3, -0.25) is 5.21 Å². The third kappa shape index (κ3) is 2.79. The summed E-state index contributed by atoms with van der Waals surface area (Å²) in [4.78, 5) is 4.17. The summed E-state index contributed by atoms with van der Waals surface area (Å²) >= 11 is 6.01. The van der Waals surface area contributed by atoms with Gasteiger partial charge in [-0.1, -0.05) is 29.8 Å². The molecule has 0 spiro atoms. The molecule has 0 unspecified atom stereocenters. The quantitative estimate of drug-likeness (QED) is 0.436. The highest BCUT2D eigenvalue weighted by molar-refractivity contribution is 6.31. The van der Waals surface area contributed by atoms with Crippen molar-refractivity contribution in [3.05, 3.63) is 47.2 Å². The zero-order chi connectivity index (χ0) is 13.0. The number of anilines is 1. The highest BCUT2D eigenvalue weighted by Gasteiger charge is 2.03. The number of halogens is 1. The predicted octanol–water partition coefficient (Wildman–Crippen LogP) is 1.50. The van der Waals surface area contributed by atoms with Crippen LogP contribution in [0.5, 0.6) is 0 Å². The molecule has 1 aromatic carbocycles. The lowest BCUT2D eigenvalue weighted by Gasteiger charge is -2.05. The van der Waals surface area contributed by atoms with Crippen molar-refractivity contribution >= 4 is 23.2 Å². The molecule has 1 heterocycles. The van der Waals surface area contributed by atoms with Crippen LogP contribution in [0.25, 0.3) is 0 Å². The van der Waals surface area contributed by atoms with Crippen molar-refractivity contribution in [3.8, 4) is 0 Å². The van der Waals surface area contributed by atoms with E-state index in [1.165, 1.54) is 17.1 Å². The zero-order valence-corrected chi connectivity index (χ0v) is 10.2. The molecule has 0 aliphatic carbocycles. The lowest BCUT2D eigenvalue weighted by Crippen LogP contribution is -2.28. The van der Waals surface area contributed by atoms with Crippen LogP contribution in [0.1, 0.15) is 5.56 Å². The number of nitrogens with one attached hydrogen (secondary N) is 1. The summed E-state index contributed by atoms with van der Waals surface area (Å²) in [5.41, 5.74) is 8.84. The van der Waals surface area contributed by atoms with Crippen molar-refractivity contribution in [1.29, 1.82) is 0 Å². The second kappa shape index (κ2) is 5.52. The first-order valence-electron chi connectivity index (χ1n) is 5.19. The van der Waals surface area contributed by atoms with Gasteiger partial charge in [-0.15, -0.1) is 0 Å². The Morgan fingerprint density at radius 3 is 2.89 bits per heavy atom. The Kier molecular flexibility index (Phi) is 3.81. The minimum absolute atomic E-state index is 0.173. The van der Waals surface area contributed by atoms with Crippen LogP contribution in [0.15, 0.2) is 41.7 Å². The third-order valence-corrected chi connectivity index (χ3v) is 2.65. The van der Waals surface area contributed by atoms with Crippen LogP contribution in [0, 0.1) is 0 Å². The summed E-state index contributed by atoms with van der Waals surface area (Å²) in [7, 11) is 0. The molecule has 0 fully saturated rings. The fourth-order valence-electron chi connectivity index (χ4n) is 1.40. The zero-order valence-electron chi connectivity index (χ0n) is 9.42. The summed E-state index contributed by atoms with van der Waals surface area (Å²) in [5.74, 6) is 0.173. The lowest BCUT2D eigenvalue weighted by molar-refractivity contribution is 0.228. The standard InChI is InChI=1S/C11H12ClN5O/c12-10-4-2-1-3-8(10)5-14-11(16-18)17-7-9(13)6-15-17/h1-4,6-7,18H,5,13H2,(H,14,16). The van der Waals surface area contributed by atoms with Crippen molar-refractivity contribution in [2.24, 2.45) is 4.99 Å². The minimum Gasteiger partial charge on any atom is -0.396 e. The number of hydroxylamine groups is 1. The molecule has 4 N–H and O–H groups in total. The molecule has 0 aliphatic rings. The second-order valence-electron chi connectivity index (χ2n) is 3.56. The molecule has 0 saturated heterocycles. The summed E-state index contributed by atoms with van der Waals surface area (Å²) in [5, 5.41) is 13.6. The van der Waals surface area contributed by atoms with Crippen molar-refractivity contribution < 1.29 is 5.21 Å². The van der Waals surface area contributed by atoms with Crippen LogP contribution in [-0.4, -0.2) is 20.9 Å². The molecule has 7 heteroatoms. The van der Waals surface area contributed by atoms with E-state index in [1.54, 1.807) is 6.07 Å². The number of hydrogen-bond acceptors (Lipinski definition) is 4. The van der Waals surface area contributed by atoms with Gasteiger partial charge < -0.3 is 5.73 Å². The number of aliphatic imine (C=N–C) groups is 1. The summed E-state index contributed by atoms with van der Waals surface area (Å²) < 4.78 is 1.34. The largest absolute Gasteiger partial charge is 0.396 e. The summed E-state index contributed by atoms with van der Waals surface area (Å²) in [6.07, 6.45) is 3.00. The van der Waals surface area contributed by atoms with E-state index in [-0.39, 0.29) is 5.96 Å². The van der Waals surface area contributed by atoms with Crippen molar-refractivity contribution in [2.75, 3.05) is 5.73 Å². The molecular weight excluding hydrogens is 254 g/mol. The van der Waals surface area contributed by atoms with E-state index in [9.17, 15) is 0 Å². The molecule has 0 bridgehead atoms. The van der Waals surface area contributed by atoms with Crippen LogP contribution >= 0.6 is 11.6 Å². The average Bonchev–Trinajstić information content (AvgIpc) is 2.79. The number of hydrogen-bond donors (Lipinski definition) is 3. The molecule has 0 atom stereocenters. The van der Waals surface area contributed by atoms with Gasteiger partial charge in [0.2, 0.25) is 5.96 Å². The Balaban J connectivity index is 2.19. The van der Waals surface area contributed by atoms with Gasteiger partial charge >= 0.3 is 0 Å². The van der Waals surface area contributed by atoms with Gasteiger partial charge in [0.1, 0.15) is 0 Å². The van der Waals surface area contributed by atoms with Gasteiger partial charge in [0, 0.05) is 5.02 Å². The van der Waals surface area contributed by atoms with E-state index >= 15 is 0 Å². The Morgan fingerprint density at radius 2 is 2.28 bits per heavy atom. The molecule has 6 nitrogen and oxygen atoms in total. The molecule has 2 rings (SSSR count). The fourth-order valence-corrected chi connectivity index (χ4v) is 1.59. The van der Waals surface area contributed by atoms with E-state index in [4.69, 9.17) is 22.5 Å². The smallest absolute Gasteiger partial charge is 0.243 e. The SMILES string of the molecule is Nc1cnn(C(=NCc2ccccc2Cl)NO)c1. The van der Waals surface area contributed by atoms with E-state index in [2.05, 4.69) is 10.1 Å². The molecule has 1 aromatic heterocycles. The first-order chi connectivity index (χ1) is 8.70. The van der Waals surface area contributed by atoms with Gasteiger partial charge in [0.25, 0.3) is 0 Å². The van der Waals surface area contributed by atoms with Gasteiger partial charge in [-0.2, -0.15) is 5.10 Å². The Morgan fingerprint density at radius 1 is 1.50 bits per heavy atom. The van der Waals surface area contributed by atoms with E-state index in [0.717, 1.165) is 5.56 Å². The minimum atomic E-state index is 0.173. The number of benzene rings is 1. The molecule has 0 saturated carbocycles. The Labute approximate surface area is 109 Å². The first kappa shape index (κ1) is 12.4. The third-order valence-electron chi connectivity index (χ3n) is 2.28. The summed E-state index contributed by atoms with van der Waals surface area (Å²) in [6, 6.07) is 7.35. The van der Waals surface area contributed by atoms with Crippen molar-refractivity contribution in [2.45, 2.75) is 6.54 Å². The maximum atomic E-state index is 9.02. The molecule has 0 amide bonds. The molecular formula is C11H12ClN5O. The second-order valence-corrected chi connectivity index (χ2v) is 3.97. The van der Waals surface area contributed by atoms with Crippen LogP contribution in [0.3, 0.4) is 0 Å². The maximum absolute atomic E-state index is 9.02. The van der Waals surface area contributed by atoms with Gasteiger partial charge in [0.15, 0.2) is 0 Å². The maximum Gasteiger partial charge on any atom is 0.243 e. The van der Waals surface area contributed by atoms with Gasteiger partial charge in [-0.05, 0) is 11.6 Å². The molecule has 18 heavy (non-hydrogen) atoms. The Hall–Kier alpha value is -2.05. The lowest BCUT2D eigenvalue weighted by atomic mass is 10.2. The van der Waals surface area contributed by atoms with Gasteiger partial charge in [-0.25, -0.2) is 15.2 Å². The molecule has 2 aromatic rings. The number of aromatic nitrogens is 2. The average molecular weight is 266 g/mol. The number of rotatable bonds is 2. The van der Waals surface area contributed by atoms with Gasteiger partial charge in [0.05, 0.1) is 24.6 Å². The van der Waals surface area contributed by atoms with Crippen LogP contribution in [0.4, 0.5) is 5.69 Å². The topological polar surface area (TPSA) is 88.5 Å². The normalized spacial score (nSPS) is 11.6. The van der Waals surface area contributed by atoms with Crippen molar-refractivity contribution in [3.63, 3.8) is 0 Å². The van der Waals surface area contributed by atoms with E-state index in [0.29, 0.717) is 17.3 Å². The van der Waals surface area contributed by atoms with E-state index in [1.807, 2.05) is 23.7 Å². The Bertz CT molecular complexity index is 566. The fraction of sp³-hybridized carbons (Fsp3) is 0.0909. The van der Waals surface area contributed by atoms with Crippen LogP contribution in [-0.2, 0) is 6.54 Å². The monoisotopic (exact) mass is 265 g/mol. The first-order valence-corrected chi connectivity index (χ1v) is 5.57. The summed E-state index contributed by atoms with van der Waals surface area (Å²) in [6.45, 7) is 0.322. The highest BCUT2D eigenvalue weighted by atomic mass is 35.5. The predicted molar refractivity (Wildman–Crippen MR) is 69.6 cm³/mol. The van der Waals surface area contributed by atoms with E-state index < -0.39 is 0 Å². The number of nitrogens with two attached hydrogens (primary N) is 1. The molecule has 94 valence electrons. The highest BCUT2D eigenvalue weighted by Crippen LogP contribution is 2.15. The number of nitrogen functional groups attached to an aromatic ring is 1. The molecule has 0 aliphatic heterocycles.